The van der Waals surface area contributed by atoms with Crippen LogP contribution in [0.5, 0.6) is 5.75 Å². The summed E-state index contributed by atoms with van der Waals surface area (Å²) in [6.45, 7) is 0. The number of ether oxygens (including phenoxy) is 1. The molecule has 5 heteroatoms. The highest BCUT2D eigenvalue weighted by Gasteiger charge is 2.30. The molecule has 3 atom stereocenters. The normalized spacial score (nSPS) is 18.9. The molecule has 3 aliphatic rings. The number of nitrogens with zero attached hydrogens (tertiary/aromatic N) is 3. The summed E-state index contributed by atoms with van der Waals surface area (Å²) in [5.74, 6) is 3.68. The van der Waals surface area contributed by atoms with Gasteiger partial charge in [-0.1, -0.05) is 115 Å². The van der Waals surface area contributed by atoms with Crippen LogP contribution < -0.4 is 4.74 Å². The molecule has 0 fully saturated rings. The van der Waals surface area contributed by atoms with Crippen LogP contribution >= 0.6 is 11.3 Å². The van der Waals surface area contributed by atoms with Gasteiger partial charge in [0.15, 0.2) is 11.6 Å². The molecule has 8 aromatic rings. The number of thiophene rings is 1. The van der Waals surface area contributed by atoms with E-state index in [9.17, 15) is 0 Å². The van der Waals surface area contributed by atoms with Crippen molar-refractivity contribution in [3.8, 4) is 39.7 Å². The fourth-order valence-electron chi connectivity index (χ4n) is 8.60. The molecule has 4 nitrogen and oxygen atoms in total. The van der Waals surface area contributed by atoms with Crippen molar-refractivity contribution in [2.45, 2.75) is 37.7 Å². The Hall–Kier alpha value is -6.17. The minimum absolute atomic E-state index is 0.00335. The average Bonchev–Trinajstić information content (AvgIpc) is 3.63. The summed E-state index contributed by atoms with van der Waals surface area (Å²) >= 11 is 1.85. The maximum Gasteiger partial charge on any atom is 0.163 e. The Morgan fingerprint density at radius 3 is 2.27 bits per heavy atom. The van der Waals surface area contributed by atoms with E-state index in [-0.39, 0.29) is 12.0 Å². The molecule has 2 aliphatic carbocycles. The van der Waals surface area contributed by atoms with Crippen LogP contribution in [0, 0.1) is 5.92 Å². The highest BCUT2D eigenvalue weighted by atomic mass is 32.1. The Kier molecular flexibility index (Phi) is 7.80. The fraction of sp³-hybridized carbons (Fsp3) is 0.140. The number of hydrogen-bond acceptors (Lipinski definition) is 5. The number of allylic oxidation sites excluding steroid dienone is 5. The predicted molar refractivity (Wildman–Crippen MR) is 227 cm³/mol. The average molecular weight is 728 g/mol. The first-order valence-corrected chi connectivity index (χ1v) is 20.1. The Balaban J connectivity index is 0.999. The van der Waals surface area contributed by atoms with Gasteiger partial charge in [-0.2, -0.15) is 0 Å². The second kappa shape index (κ2) is 13.3. The zero-order valence-corrected chi connectivity index (χ0v) is 31.0. The maximum atomic E-state index is 6.55. The van der Waals surface area contributed by atoms with Crippen molar-refractivity contribution in [2.75, 3.05) is 0 Å². The van der Waals surface area contributed by atoms with E-state index >= 15 is 0 Å². The van der Waals surface area contributed by atoms with Gasteiger partial charge in [0, 0.05) is 43.1 Å². The SMILES string of the molecule is C1=CC2Oc3cc4cc(-c5nc(-c6ccc(-c7ccccc7)cc6)nc([C@@H]6C=C(c7ccc8sc9ccccc9c8c7)C=CC6)n5)ccc4cc3CC2CC1. The number of benzene rings is 6. The smallest absolute Gasteiger partial charge is 0.163 e. The Labute approximate surface area is 324 Å². The third-order valence-electron chi connectivity index (χ3n) is 11.5. The monoisotopic (exact) mass is 727 g/mol. The van der Waals surface area contributed by atoms with Gasteiger partial charge in [0.25, 0.3) is 0 Å². The lowest BCUT2D eigenvalue weighted by Crippen LogP contribution is -2.32. The van der Waals surface area contributed by atoms with Crippen molar-refractivity contribution < 1.29 is 4.74 Å². The molecule has 55 heavy (non-hydrogen) atoms. The Morgan fingerprint density at radius 2 is 1.36 bits per heavy atom. The van der Waals surface area contributed by atoms with Crippen LogP contribution in [0.25, 0.3) is 70.4 Å². The van der Waals surface area contributed by atoms with Crippen LogP contribution in [0.1, 0.15) is 42.1 Å². The zero-order valence-electron chi connectivity index (χ0n) is 30.2. The minimum atomic E-state index is -0.00335. The quantitative estimate of drug-likeness (QED) is 0.166. The maximum absolute atomic E-state index is 6.55. The summed E-state index contributed by atoms with van der Waals surface area (Å²) in [5.41, 5.74) is 7.98. The molecule has 1 aliphatic heterocycles. The zero-order chi connectivity index (χ0) is 36.3. The third kappa shape index (κ3) is 5.96. The topological polar surface area (TPSA) is 47.9 Å². The Bertz CT molecular complexity index is 2870. The van der Waals surface area contributed by atoms with E-state index in [1.165, 1.54) is 54.2 Å². The molecule has 0 N–H and O–H groups in total. The summed E-state index contributed by atoms with van der Waals surface area (Å²) < 4.78 is 9.18. The van der Waals surface area contributed by atoms with Gasteiger partial charge in [-0.3, -0.25) is 0 Å². The molecular formula is C50H37N3OS. The summed E-state index contributed by atoms with van der Waals surface area (Å²) in [7, 11) is 0. The number of hydrogen-bond donors (Lipinski definition) is 0. The van der Waals surface area contributed by atoms with Crippen molar-refractivity contribution in [1.82, 2.24) is 15.0 Å². The van der Waals surface area contributed by atoms with Gasteiger partial charge in [-0.15, -0.1) is 11.3 Å². The molecule has 11 rings (SSSR count). The van der Waals surface area contributed by atoms with Crippen molar-refractivity contribution >= 4 is 47.9 Å². The number of aromatic nitrogens is 3. The second-order valence-electron chi connectivity index (χ2n) is 15.0. The standard InChI is InChI=1S/C50H37N3OS/c1-2-9-31(10-3-1)32-17-19-33(20-18-32)48-51-49(38-13-8-12-34(25-38)36-23-24-47-43(29-36)42-14-5-7-16-46(42)55-47)53-50(52-48)39-22-21-35-26-41-27-37-11-4-6-15-44(37)54-45(41)30-40(35)28-39/h1-3,5-10,12,14-26,28-30,37-38,44H,4,11,13,27H2/t37?,38-,44?/m0/s1. The van der Waals surface area contributed by atoms with Crippen molar-refractivity contribution in [1.29, 1.82) is 0 Å². The molecular weight excluding hydrogens is 691 g/mol. The highest BCUT2D eigenvalue weighted by Crippen LogP contribution is 2.40. The van der Waals surface area contributed by atoms with Gasteiger partial charge in [-0.25, -0.2) is 15.0 Å². The number of rotatable bonds is 5. The van der Waals surface area contributed by atoms with E-state index in [4.69, 9.17) is 19.7 Å². The lowest BCUT2D eigenvalue weighted by atomic mass is 9.83. The molecule has 2 aromatic heterocycles. The summed E-state index contributed by atoms with van der Waals surface area (Å²) in [6.07, 6.45) is 15.7. The van der Waals surface area contributed by atoms with Crippen LogP contribution in [-0.2, 0) is 6.42 Å². The van der Waals surface area contributed by atoms with Gasteiger partial charge in [0.1, 0.15) is 17.7 Å². The van der Waals surface area contributed by atoms with E-state index in [2.05, 4.69) is 152 Å². The summed E-state index contributed by atoms with van der Waals surface area (Å²) in [4.78, 5) is 15.6. The van der Waals surface area contributed by atoms with Gasteiger partial charge in [-0.05, 0) is 107 Å². The lowest BCUT2D eigenvalue weighted by molar-refractivity contribution is 0.142. The van der Waals surface area contributed by atoms with E-state index in [1.54, 1.807) is 0 Å². The molecule has 0 spiro atoms. The van der Waals surface area contributed by atoms with Crippen molar-refractivity contribution in [3.05, 3.63) is 175 Å². The van der Waals surface area contributed by atoms with Gasteiger partial charge >= 0.3 is 0 Å². The first kappa shape index (κ1) is 32.3. The first-order valence-electron chi connectivity index (χ1n) is 19.3. The van der Waals surface area contributed by atoms with E-state index in [0.717, 1.165) is 52.9 Å². The molecule has 0 bridgehead atoms. The van der Waals surface area contributed by atoms with E-state index < -0.39 is 0 Å². The van der Waals surface area contributed by atoms with Gasteiger partial charge < -0.3 is 4.74 Å². The molecule has 0 radical (unpaired) electrons. The van der Waals surface area contributed by atoms with Crippen LogP contribution in [0.15, 0.2) is 158 Å². The number of fused-ring (bicyclic) bond motifs is 6. The van der Waals surface area contributed by atoms with E-state index in [1.807, 2.05) is 17.4 Å². The minimum Gasteiger partial charge on any atom is -0.486 e. The first-order chi connectivity index (χ1) is 27.2. The lowest BCUT2D eigenvalue weighted by Gasteiger charge is -2.34. The summed E-state index contributed by atoms with van der Waals surface area (Å²) in [5, 5.41) is 4.95. The molecule has 0 saturated heterocycles. The second-order valence-corrected chi connectivity index (χ2v) is 16.1. The molecule has 2 unspecified atom stereocenters. The highest BCUT2D eigenvalue weighted by molar-refractivity contribution is 7.25. The molecule has 6 aromatic carbocycles. The van der Waals surface area contributed by atoms with Crippen LogP contribution in [0.3, 0.4) is 0 Å². The summed E-state index contributed by atoms with van der Waals surface area (Å²) in [6, 6.07) is 45.7. The molecule has 0 saturated carbocycles. The largest absolute Gasteiger partial charge is 0.486 e. The van der Waals surface area contributed by atoms with Crippen molar-refractivity contribution in [2.24, 2.45) is 5.92 Å². The molecule has 0 amide bonds. The third-order valence-corrected chi connectivity index (χ3v) is 12.7. The predicted octanol–water partition coefficient (Wildman–Crippen LogP) is 12.8. The van der Waals surface area contributed by atoms with Crippen LogP contribution in [0.4, 0.5) is 0 Å². The molecule has 264 valence electrons. The van der Waals surface area contributed by atoms with Crippen molar-refractivity contribution in [3.63, 3.8) is 0 Å². The van der Waals surface area contributed by atoms with E-state index in [0.29, 0.717) is 17.6 Å². The van der Waals surface area contributed by atoms with Gasteiger partial charge in [0.05, 0.1) is 0 Å². The fourth-order valence-corrected chi connectivity index (χ4v) is 9.68. The van der Waals surface area contributed by atoms with Gasteiger partial charge in [0.2, 0.25) is 0 Å². The Morgan fingerprint density at radius 1 is 0.600 bits per heavy atom. The molecule has 3 heterocycles. The van der Waals surface area contributed by atoms with Crippen LogP contribution in [-0.4, -0.2) is 21.1 Å². The van der Waals surface area contributed by atoms with Crippen LogP contribution in [0.2, 0.25) is 0 Å².